The first-order valence-electron chi connectivity index (χ1n) is 7.34. The number of carbonyl (C=O) groups excluding carboxylic acids is 1. The Morgan fingerprint density at radius 2 is 2.04 bits per heavy atom. The van der Waals surface area contributed by atoms with Gasteiger partial charge in [-0.3, -0.25) is 9.78 Å². The highest BCUT2D eigenvalue weighted by molar-refractivity contribution is 5.92. The molecule has 0 saturated carbocycles. The second kappa shape index (κ2) is 6.55. The summed E-state index contributed by atoms with van der Waals surface area (Å²) in [5, 5.41) is 0. The van der Waals surface area contributed by atoms with E-state index in [1.54, 1.807) is 37.6 Å². The van der Waals surface area contributed by atoms with E-state index in [1.807, 2.05) is 0 Å². The van der Waals surface area contributed by atoms with Crippen molar-refractivity contribution in [3.05, 3.63) is 36.7 Å². The second-order valence-corrected chi connectivity index (χ2v) is 5.28. The summed E-state index contributed by atoms with van der Waals surface area (Å²) in [6.45, 7) is 1.47. The van der Waals surface area contributed by atoms with Crippen molar-refractivity contribution in [1.82, 2.24) is 24.8 Å². The number of likely N-dealkylation sites (N-methyl/N-ethyl adjacent to an activating group) is 1. The molecule has 1 amide bonds. The number of hydrogen-bond donors (Lipinski definition) is 0. The minimum atomic E-state index is -0.129. The van der Waals surface area contributed by atoms with Crippen LogP contribution in [0.15, 0.2) is 31.0 Å². The number of aromatic nitrogens is 4. The van der Waals surface area contributed by atoms with Gasteiger partial charge in [0.05, 0.1) is 19.3 Å². The Labute approximate surface area is 134 Å². The number of ether oxygens (including phenoxy) is 1. The van der Waals surface area contributed by atoms with Crippen LogP contribution < -0.4 is 9.64 Å². The third kappa shape index (κ3) is 3.05. The largest absolute Gasteiger partial charge is 0.478 e. The average molecular weight is 314 g/mol. The van der Waals surface area contributed by atoms with Crippen molar-refractivity contribution in [3.8, 4) is 5.88 Å². The van der Waals surface area contributed by atoms with Gasteiger partial charge in [-0.1, -0.05) is 0 Å². The molecule has 2 aromatic heterocycles. The van der Waals surface area contributed by atoms with E-state index in [0.717, 1.165) is 13.0 Å². The third-order valence-corrected chi connectivity index (χ3v) is 3.95. The van der Waals surface area contributed by atoms with Gasteiger partial charge in [0.15, 0.2) is 5.82 Å². The van der Waals surface area contributed by atoms with Crippen LogP contribution in [0.4, 0.5) is 5.82 Å². The van der Waals surface area contributed by atoms with Crippen LogP contribution in [-0.4, -0.2) is 64.0 Å². The van der Waals surface area contributed by atoms with E-state index in [4.69, 9.17) is 4.74 Å². The summed E-state index contributed by atoms with van der Waals surface area (Å²) in [4.78, 5) is 32.8. The lowest BCUT2D eigenvalue weighted by Gasteiger charge is -2.25. The summed E-state index contributed by atoms with van der Waals surface area (Å²) in [6, 6.07) is 0.0798. The molecule has 1 atom stereocenters. The highest BCUT2D eigenvalue weighted by Crippen LogP contribution is 2.27. The van der Waals surface area contributed by atoms with Crippen LogP contribution in [0.25, 0.3) is 0 Å². The van der Waals surface area contributed by atoms with Crippen LogP contribution >= 0.6 is 0 Å². The van der Waals surface area contributed by atoms with E-state index in [2.05, 4.69) is 24.8 Å². The first-order valence-corrected chi connectivity index (χ1v) is 7.34. The van der Waals surface area contributed by atoms with Crippen LogP contribution in [0, 0.1) is 0 Å². The van der Waals surface area contributed by atoms with Gasteiger partial charge in [-0.15, -0.1) is 0 Å². The van der Waals surface area contributed by atoms with Gasteiger partial charge >= 0.3 is 0 Å². The fraction of sp³-hybridized carbons (Fsp3) is 0.400. The van der Waals surface area contributed by atoms with Gasteiger partial charge < -0.3 is 14.5 Å². The predicted octanol–water partition coefficient (Wildman–Crippen LogP) is 0.626. The van der Waals surface area contributed by atoms with Gasteiger partial charge in [0.1, 0.15) is 5.69 Å². The number of anilines is 1. The SMILES string of the molecule is COc1nccnc1N1CC[C@@H](N(C)C(=O)c2cnccn2)C1. The summed E-state index contributed by atoms with van der Waals surface area (Å²) in [7, 11) is 3.36. The molecule has 0 unspecified atom stereocenters. The fourth-order valence-corrected chi connectivity index (χ4v) is 2.69. The summed E-state index contributed by atoms with van der Waals surface area (Å²) in [5.74, 6) is 1.07. The quantitative estimate of drug-likeness (QED) is 0.818. The lowest BCUT2D eigenvalue weighted by atomic mass is 10.2. The molecule has 1 aliphatic rings. The van der Waals surface area contributed by atoms with E-state index in [-0.39, 0.29) is 11.9 Å². The molecule has 8 heteroatoms. The Kier molecular flexibility index (Phi) is 4.31. The van der Waals surface area contributed by atoms with Gasteiger partial charge in [0, 0.05) is 44.9 Å². The number of carbonyl (C=O) groups is 1. The molecule has 0 aliphatic carbocycles. The zero-order chi connectivity index (χ0) is 16.2. The van der Waals surface area contributed by atoms with Gasteiger partial charge in [-0.2, -0.15) is 0 Å². The van der Waals surface area contributed by atoms with Crippen molar-refractivity contribution in [2.75, 3.05) is 32.1 Å². The number of methoxy groups -OCH3 is 1. The van der Waals surface area contributed by atoms with Gasteiger partial charge in [-0.25, -0.2) is 15.0 Å². The third-order valence-electron chi connectivity index (χ3n) is 3.95. The predicted molar refractivity (Wildman–Crippen MR) is 83.3 cm³/mol. The van der Waals surface area contributed by atoms with Crippen molar-refractivity contribution >= 4 is 11.7 Å². The molecule has 23 heavy (non-hydrogen) atoms. The first-order chi connectivity index (χ1) is 11.2. The molecule has 1 aliphatic heterocycles. The standard InChI is InChI=1S/C15H18N6O2/c1-20(15(22)12-9-16-4-5-17-12)11-3-8-21(10-11)13-14(23-2)19-7-6-18-13/h4-7,9,11H,3,8,10H2,1-2H3/t11-/m1/s1. The van der Waals surface area contributed by atoms with Gasteiger partial charge in [-0.05, 0) is 6.42 Å². The number of amides is 1. The summed E-state index contributed by atoms with van der Waals surface area (Å²) >= 11 is 0. The molecule has 3 heterocycles. The molecular formula is C15H18N6O2. The molecule has 0 bridgehead atoms. The number of nitrogens with zero attached hydrogens (tertiary/aromatic N) is 6. The van der Waals surface area contributed by atoms with Crippen LogP contribution in [0.5, 0.6) is 5.88 Å². The summed E-state index contributed by atoms with van der Waals surface area (Å²) < 4.78 is 5.26. The molecule has 0 aromatic carbocycles. The van der Waals surface area contributed by atoms with E-state index in [1.165, 1.54) is 12.4 Å². The lowest BCUT2D eigenvalue weighted by Crippen LogP contribution is -2.39. The molecule has 2 aromatic rings. The van der Waals surface area contributed by atoms with Crippen molar-refractivity contribution < 1.29 is 9.53 Å². The Bertz CT molecular complexity index is 681. The fourth-order valence-electron chi connectivity index (χ4n) is 2.69. The van der Waals surface area contributed by atoms with Crippen molar-refractivity contribution in [2.45, 2.75) is 12.5 Å². The molecule has 1 saturated heterocycles. The number of hydrogen-bond acceptors (Lipinski definition) is 7. The smallest absolute Gasteiger partial charge is 0.274 e. The molecule has 0 radical (unpaired) electrons. The minimum absolute atomic E-state index is 0.0798. The normalized spacial score (nSPS) is 17.1. The van der Waals surface area contributed by atoms with E-state index in [9.17, 15) is 4.79 Å². The molecule has 1 fully saturated rings. The van der Waals surface area contributed by atoms with Gasteiger partial charge in [0.2, 0.25) is 0 Å². The van der Waals surface area contributed by atoms with Gasteiger partial charge in [0.25, 0.3) is 11.8 Å². The first kappa shape index (κ1) is 15.1. The molecule has 120 valence electrons. The van der Waals surface area contributed by atoms with E-state index >= 15 is 0 Å². The highest BCUT2D eigenvalue weighted by atomic mass is 16.5. The monoisotopic (exact) mass is 314 g/mol. The zero-order valence-electron chi connectivity index (χ0n) is 13.1. The van der Waals surface area contributed by atoms with Crippen LogP contribution in [-0.2, 0) is 0 Å². The number of rotatable bonds is 4. The summed E-state index contributed by atoms with van der Waals surface area (Å²) in [6.07, 6.45) is 8.64. The average Bonchev–Trinajstić information content (AvgIpc) is 3.11. The molecule has 8 nitrogen and oxygen atoms in total. The highest BCUT2D eigenvalue weighted by Gasteiger charge is 2.31. The van der Waals surface area contributed by atoms with Crippen LogP contribution in [0.2, 0.25) is 0 Å². The molecule has 0 N–H and O–H groups in total. The van der Waals surface area contributed by atoms with Crippen molar-refractivity contribution in [1.29, 1.82) is 0 Å². The Morgan fingerprint density at radius 3 is 2.78 bits per heavy atom. The Balaban J connectivity index is 1.71. The van der Waals surface area contributed by atoms with Crippen molar-refractivity contribution in [3.63, 3.8) is 0 Å². The second-order valence-electron chi connectivity index (χ2n) is 5.28. The molecule has 3 rings (SSSR count). The maximum Gasteiger partial charge on any atom is 0.274 e. The van der Waals surface area contributed by atoms with Crippen LogP contribution in [0.3, 0.4) is 0 Å². The molecule has 0 spiro atoms. The Morgan fingerprint density at radius 1 is 1.26 bits per heavy atom. The summed E-state index contributed by atoms with van der Waals surface area (Å²) in [5.41, 5.74) is 0.352. The zero-order valence-corrected chi connectivity index (χ0v) is 13.1. The maximum atomic E-state index is 12.5. The lowest BCUT2D eigenvalue weighted by molar-refractivity contribution is 0.0738. The Hall–Kier alpha value is -2.77. The van der Waals surface area contributed by atoms with Crippen molar-refractivity contribution in [2.24, 2.45) is 0 Å². The van der Waals surface area contributed by atoms with Crippen LogP contribution in [0.1, 0.15) is 16.9 Å². The molecular weight excluding hydrogens is 296 g/mol. The topological polar surface area (TPSA) is 84.3 Å². The maximum absolute atomic E-state index is 12.5. The van der Waals surface area contributed by atoms with E-state index < -0.39 is 0 Å². The van der Waals surface area contributed by atoms with E-state index in [0.29, 0.717) is 23.9 Å². The minimum Gasteiger partial charge on any atom is -0.478 e.